The number of nitrogens with zero attached hydrogens (tertiary/aromatic N) is 1. The van der Waals surface area contributed by atoms with E-state index in [0.717, 1.165) is 30.4 Å². The second-order valence-electron chi connectivity index (χ2n) is 4.20. The van der Waals surface area contributed by atoms with E-state index in [1.165, 1.54) is 6.07 Å². The number of halogens is 2. The highest BCUT2D eigenvalue weighted by molar-refractivity contribution is 9.10. The molecule has 0 unspecified atom stereocenters. The van der Waals surface area contributed by atoms with Crippen molar-refractivity contribution >= 4 is 15.9 Å². The van der Waals surface area contributed by atoms with E-state index in [9.17, 15) is 4.39 Å². The standard InChI is InChI=1S/C14H16BrFN2O/c1-2-17-7-3-4-14-18-9-13(19-14)11-8-10(15)5-6-12(11)16/h5-6,8-9,17H,2-4,7H2,1H3. The summed E-state index contributed by atoms with van der Waals surface area (Å²) in [5, 5.41) is 3.24. The number of benzene rings is 1. The largest absolute Gasteiger partial charge is 0.441 e. The summed E-state index contributed by atoms with van der Waals surface area (Å²) in [6, 6.07) is 4.76. The van der Waals surface area contributed by atoms with Crippen molar-refractivity contribution < 1.29 is 8.81 Å². The van der Waals surface area contributed by atoms with Crippen molar-refractivity contribution in [3.05, 3.63) is 40.6 Å². The third-order valence-electron chi connectivity index (χ3n) is 2.74. The molecule has 19 heavy (non-hydrogen) atoms. The Bertz CT molecular complexity index is 542. The number of hydrogen-bond acceptors (Lipinski definition) is 3. The summed E-state index contributed by atoms with van der Waals surface area (Å²) in [4.78, 5) is 4.18. The van der Waals surface area contributed by atoms with Gasteiger partial charge in [-0.3, -0.25) is 0 Å². The molecule has 102 valence electrons. The highest BCUT2D eigenvalue weighted by atomic mass is 79.9. The number of hydrogen-bond donors (Lipinski definition) is 1. The zero-order chi connectivity index (χ0) is 13.7. The summed E-state index contributed by atoms with van der Waals surface area (Å²) >= 11 is 3.32. The van der Waals surface area contributed by atoms with Crippen molar-refractivity contribution in [3.8, 4) is 11.3 Å². The van der Waals surface area contributed by atoms with Crippen LogP contribution >= 0.6 is 15.9 Å². The van der Waals surface area contributed by atoms with Gasteiger partial charge in [0.1, 0.15) is 5.82 Å². The van der Waals surface area contributed by atoms with Gasteiger partial charge in [0, 0.05) is 10.9 Å². The fourth-order valence-electron chi connectivity index (χ4n) is 1.78. The minimum atomic E-state index is -0.307. The van der Waals surface area contributed by atoms with Gasteiger partial charge in [0.15, 0.2) is 11.7 Å². The molecule has 0 spiro atoms. The molecule has 0 fully saturated rings. The Morgan fingerprint density at radius 2 is 2.26 bits per heavy atom. The van der Waals surface area contributed by atoms with Gasteiger partial charge in [-0.15, -0.1) is 0 Å². The molecule has 0 radical (unpaired) electrons. The zero-order valence-electron chi connectivity index (χ0n) is 10.7. The highest BCUT2D eigenvalue weighted by Crippen LogP contribution is 2.27. The zero-order valence-corrected chi connectivity index (χ0v) is 12.3. The number of aryl methyl sites for hydroxylation is 1. The van der Waals surface area contributed by atoms with Crippen molar-refractivity contribution in [3.63, 3.8) is 0 Å². The van der Waals surface area contributed by atoms with Gasteiger partial charge in [0.05, 0.1) is 11.8 Å². The summed E-state index contributed by atoms with van der Waals surface area (Å²) in [6.07, 6.45) is 3.28. The van der Waals surface area contributed by atoms with E-state index in [1.807, 2.05) is 0 Å². The second kappa shape index (κ2) is 6.82. The molecule has 2 rings (SSSR count). The van der Waals surface area contributed by atoms with Crippen LogP contribution in [0.3, 0.4) is 0 Å². The van der Waals surface area contributed by atoms with Gasteiger partial charge in [0.25, 0.3) is 0 Å². The topological polar surface area (TPSA) is 38.1 Å². The third kappa shape index (κ3) is 3.88. The van der Waals surface area contributed by atoms with Crippen LogP contribution in [0.2, 0.25) is 0 Å². The monoisotopic (exact) mass is 326 g/mol. The quantitative estimate of drug-likeness (QED) is 0.821. The smallest absolute Gasteiger partial charge is 0.194 e. The van der Waals surface area contributed by atoms with Gasteiger partial charge in [0.2, 0.25) is 0 Å². The minimum absolute atomic E-state index is 0.307. The molecular formula is C14H16BrFN2O. The molecule has 0 saturated carbocycles. The summed E-state index contributed by atoms with van der Waals surface area (Å²) in [5.74, 6) is 0.808. The molecular weight excluding hydrogens is 311 g/mol. The van der Waals surface area contributed by atoms with E-state index in [4.69, 9.17) is 4.42 Å². The lowest BCUT2D eigenvalue weighted by Crippen LogP contribution is -2.14. The van der Waals surface area contributed by atoms with Crippen LogP contribution in [-0.4, -0.2) is 18.1 Å². The van der Waals surface area contributed by atoms with E-state index in [0.29, 0.717) is 17.2 Å². The predicted molar refractivity (Wildman–Crippen MR) is 76.5 cm³/mol. The summed E-state index contributed by atoms with van der Waals surface area (Å²) in [5.41, 5.74) is 0.430. The highest BCUT2D eigenvalue weighted by Gasteiger charge is 2.11. The lowest BCUT2D eigenvalue weighted by molar-refractivity contribution is 0.490. The Morgan fingerprint density at radius 3 is 3.05 bits per heavy atom. The van der Waals surface area contributed by atoms with E-state index < -0.39 is 0 Å². The molecule has 1 aromatic heterocycles. The predicted octanol–water partition coefficient (Wildman–Crippen LogP) is 3.79. The summed E-state index contributed by atoms with van der Waals surface area (Å²) < 4.78 is 20.1. The van der Waals surface area contributed by atoms with Crippen LogP contribution < -0.4 is 5.32 Å². The molecule has 0 bridgehead atoms. The van der Waals surface area contributed by atoms with Crippen molar-refractivity contribution in [2.75, 3.05) is 13.1 Å². The molecule has 1 N–H and O–H groups in total. The van der Waals surface area contributed by atoms with Crippen molar-refractivity contribution in [1.29, 1.82) is 0 Å². The average Bonchev–Trinajstić information content (AvgIpc) is 2.86. The van der Waals surface area contributed by atoms with Gasteiger partial charge in [-0.25, -0.2) is 9.37 Å². The maximum absolute atomic E-state index is 13.7. The Hall–Kier alpha value is -1.20. The molecule has 0 aliphatic carbocycles. The first-order valence-corrected chi connectivity index (χ1v) is 7.11. The Labute approximate surface area is 120 Å². The maximum Gasteiger partial charge on any atom is 0.194 e. The number of aromatic nitrogens is 1. The number of nitrogens with one attached hydrogen (secondary N) is 1. The maximum atomic E-state index is 13.7. The summed E-state index contributed by atoms with van der Waals surface area (Å²) in [7, 11) is 0. The second-order valence-corrected chi connectivity index (χ2v) is 5.12. The summed E-state index contributed by atoms with van der Waals surface area (Å²) in [6.45, 7) is 3.96. The van der Waals surface area contributed by atoms with E-state index in [1.54, 1.807) is 18.3 Å². The molecule has 0 aliphatic rings. The molecule has 1 aromatic carbocycles. The first kappa shape index (κ1) is 14.2. The number of oxazole rings is 1. The Kier molecular flexibility index (Phi) is 5.10. The first-order valence-electron chi connectivity index (χ1n) is 6.31. The van der Waals surface area contributed by atoms with Crippen molar-refractivity contribution in [1.82, 2.24) is 10.3 Å². The van der Waals surface area contributed by atoms with Crippen molar-refractivity contribution in [2.45, 2.75) is 19.8 Å². The SMILES string of the molecule is CCNCCCc1ncc(-c2cc(Br)ccc2F)o1. The Balaban J connectivity index is 2.06. The van der Waals surface area contributed by atoms with Crippen LogP contribution in [0.15, 0.2) is 33.3 Å². The normalized spacial score (nSPS) is 10.9. The van der Waals surface area contributed by atoms with Gasteiger partial charge in [-0.1, -0.05) is 22.9 Å². The fourth-order valence-corrected chi connectivity index (χ4v) is 2.14. The van der Waals surface area contributed by atoms with E-state index in [-0.39, 0.29) is 5.82 Å². The first-order chi connectivity index (χ1) is 9.20. The fraction of sp³-hybridized carbons (Fsp3) is 0.357. The van der Waals surface area contributed by atoms with Gasteiger partial charge >= 0.3 is 0 Å². The molecule has 1 heterocycles. The molecule has 2 aromatic rings. The van der Waals surface area contributed by atoms with Crippen LogP contribution in [0, 0.1) is 5.82 Å². The lowest BCUT2D eigenvalue weighted by Gasteiger charge is -2.00. The van der Waals surface area contributed by atoms with Gasteiger partial charge in [-0.2, -0.15) is 0 Å². The van der Waals surface area contributed by atoms with Crippen LogP contribution in [0.4, 0.5) is 4.39 Å². The lowest BCUT2D eigenvalue weighted by atomic mass is 10.2. The van der Waals surface area contributed by atoms with Crippen LogP contribution in [0.1, 0.15) is 19.2 Å². The number of rotatable bonds is 6. The van der Waals surface area contributed by atoms with Crippen molar-refractivity contribution in [2.24, 2.45) is 0 Å². The van der Waals surface area contributed by atoms with E-state index >= 15 is 0 Å². The van der Waals surface area contributed by atoms with Gasteiger partial charge < -0.3 is 9.73 Å². The Morgan fingerprint density at radius 1 is 1.42 bits per heavy atom. The third-order valence-corrected chi connectivity index (χ3v) is 3.23. The minimum Gasteiger partial charge on any atom is -0.441 e. The molecule has 0 atom stereocenters. The molecule has 5 heteroatoms. The van der Waals surface area contributed by atoms with Crippen LogP contribution in [0.5, 0.6) is 0 Å². The van der Waals surface area contributed by atoms with Crippen LogP contribution in [-0.2, 0) is 6.42 Å². The van der Waals surface area contributed by atoms with E-state index in [2.05, 4.69) is 33.2 Å². The molecule has 3 nitrogen and oxygen atoms in total. The van der Waals surface area contributed by atoms with Gasteiger partial charge in [-0.05, 0) is 37.7 Å². The van der Waals surface area contributed by atoms with Crippen LogP contribution in [0.25, 0.3) is 11.3 Å². The molecule has 0 aliphatic heterocycles. The molecule has 0 saturated heterocycles. The average molecular weight is 327 g/mol. The molecule has 0 amide bonds.